The zero-order chi connectivity index (χ0) is 15.2. The van der Waals surface area contributed by atoms with E-state index in [1.165, 1.54) is 0 Å². The number of nitrogens with one attached hydrogen (secondary N) is 2. The number of carbonyl (C=O) groups excluding carboxylic acids is 1. The van der Waals surface area contributed by atoms with Gasteiger partial charge in [0, 0.05) is 17.6 Å². The van der Waals surface area contributed by atoms with Gasteiger partial charge in [-0.05, 0) is 26.3 Å². The fourth-order valence-corrected chi connectivity index (χ4v) is 2.25. The molecule has 1 aromatic heterocycles. The lowest BCUT2D eigenvalue weighted by molar-refractivity contribution is 0.0926. The van der Waals surface area contributed by atoms with Crippen molar-refractivity contribution in [2.24, 2.45) is 0 Å². The van der Waals surface area contributed by atoms with E-state index in [4.69, 9.17) is 9.63 Å². The van der Waals surface area contributed by atoms with E-state index in [9.17, 15) is 4.79 Å². The van der Waals surface area contributed by atoms with Crippen molar-refractivity contribution in [3.05, 3.63) is 17.0 Å². The van der Waals surface area contributed by atoms with Crippen molar-refractivity contribution in [1.29, 1.82) is 0 Å². The van der Waals surface area contributed by atoms with Gasteiger partial charge < -0.3 is 20.3 Å². The molecule has 0 saturated heterocycles. The van der Waals surface area contributed by atoms with Crippen LogP contribution in [0, 0.1) is 6.92 Å². The number of aliphatic hydroxyl groups is 1. The molecule has 0 saturated carbocycles. The van der Waals surface area contributed by atoms with Gasteiger partial charge in [0.05, 0.1) is 0 Å². The molecule has 0 aliphatic heterocycles. The Balaban J connectivity index is 2.72. The lowest BCUT2D eigenvalue weighted by Crippen LogP contribution is -2.52. The third kappa shape index (κ3) is 3.58. The molecule has 6 heteroatoms. The Morgan fingerprint density at radius 1 is 1.35 bits per heavy atom. The molecule has 114 valence electrons. The van der Waals surface area contributed by atoms with E-state index in [1.807, 2.05) is 0 Å². The number of rotatable bonds is 8. The largest absolute Gasteiger partial charge is 0.388 e. The molecule has 1 aromatic rings. The summed E-state index contributed by atoms with van der Waals surface area (Å²) in [7, 11) is 0. The van der Waals surface area contributed by atoms with Gasteiger partial charge in [-0.1, -0.05) is 25.9 Å². The first-order valence-corrected chi connectivity index (χ1v) is 7.12. The Kier molecular flexibility index (Phi) is 6.16. The maximum atomic E-state index is 12.1. The monoisotopic (exact) mass is 283 g/mol. The van der Waals surface area contributed by atoms with Crippen LogP contribution in [0.2, 0.25) is 0 Å². The first-order chi connectivity index (χ1) is 9.53. The molecule has 1 heterocycles. The molecule has 0 aromatic carbocycles. The van der Waals surface area contributed by atoms with Crippen LogP contribution in [0.1, 0.15) is 55.4 Å². The van der Waals surface area contributed by atoms with Crippen LogP contribution in [0.5, 0.6) is 0 Å². The lowest BCUT2D eigenvalue weighted by atomic mass is 9.92. The summed E-state index contributed by atoms with van der Waals surface area (Å²) in [6.45, 7) is 9.11. The molecule has 3 N–H and O–H groups in total. The van der Waals surface area contributed by atoms with E-state index in [0.717, 1.165) is 19.4 Å². The Morgan fingerprint density at radius 3 is 2.45 bits per heavy atom. The van der Waals surface area contributed by atoms with E-state index < -0.39 is 0 Å². The van der Waals surface area contributed by atoms with Gasteiger partial charge in [0.15, 0.2) is 11.5 Å². The second-order valence-corrected chi connectivity index (χ2v) is 4.94. The number of aromatic nitrogens is 1. The van der Waals surface area contributed by atoms with E-state index in [2.05, 4.69) is 36.6 Å². The fraction of sp³-hybridized carbons (Fsp3) is 0.714. The van der Waals surface area contributed by atoms with Crippen molar-refractivity contribution < 1.29 is 14.4 Å². The fourth-order valence-electron chi connectivity index (χ4n) is 2.25. The summed E-state index contributed by atoms with van der Waals surface area (Å²) in [5.74, 6) is 0.0641. The van der Waals surface area contributed by atoms with Gasteiger partial charge >= 0.3 is 0 Å². The molecular formula is C14H25N3O3. The maximum absolute atomic E-state index is 12.1. The molecule has 20 heavy (non-hydrogen) atoms. The van der Waals surface area contributed by atoms with E-state index in [-0.39, 0.29) is 23.7 Å². The van der Waals surface area contributed by atoms with Crippen molar-refractivity contribution in [3.8, 4) is 0 Å². The number of amides is 1. The number of aliphatic hydroxyl groups excluding tert-OH is 1. The molecule has 1 amide bonds. The van der Waals surface area contributed by atoms with Crippen molar-refractivity contribution >= 4 is 5.91 Å². The number of nitrogens with zero attached hydrogens (tertiary/aromatic N) is 1. The first-order valence-electron chi connectivity index (χ1n) is 7.12. The Morgan fingerprint density at radius 2 is 2.00 bits per heavy atom. The second kappa shape index (κ2) is 7.40. The molecule has 0 spiro atoms. The summed E-state index contributed by atoms with van der Waals surface area (Å²) >= 11 is 0. The minimum absolute atomic E-state index is 0.0954. The quantitative estimate of drug-likeness (QED) is 0.671. The third-order valence-corrected chi connectivity index (χ3v) is 3.87. The van der Waals surface area contributed by atoms with Crippen LogP contribution >= 0.6 is 0 Å². The van der Waals surface area contributed by atoms with Crippen LogP contribution in [0.15, 0.2) is 4.52 Å². The Hall–Kier alpha value is -1.40. The predicted molar refractivity (Wildman–Crippen MR) is 76.5 cm³/mol. The minimum Gasteiger partial charge on any atom is -0.388 e. The molecule has 6 nitrogen and oxygen atoms in total. The molecule has 1 rings (SSSR count). The zero-order valence-electron chi connectivity index (χ0n) is 12.7. The number of hydrogen-bond donors (Lipinski definition) is 3. The summed E-state index contributed by atoms with van der Waals surface area (Å²) < 4.78 is 4.92. The molecule has 0 fully saturated rings. The van der Waals surface area contributed by atoms with E-state index >= 15 is 0 Å². The van der Waals surface area contributed by atoms with Crippen molar-refractivity contribution in [3.63, 3.8) is 0 Å². The van der Waals surface area contributed by atoms with Crippen LogP contribution in [-0.4, -0.2) is 34.8 Å². The first kappa shape index (κ1) is 16.7. The van der Waals surface area contributed by atoms with Gasteiger partial charge in [0.1, 0.15) is 6.61 Å². The van der Waals surface area contributed by atoms with Crippen molar-refractivity contribution in [1.82, 2.24) is 15.8 Å². The van der Waals surface area contributed by atoms with Gasteiger partial charge in [-0.15, -0.1) is 0 Å². The molecule has 0 aliphatic carbocycles. The topological polar surface area (TPSA) is 87.4 Å². The van der Waals surface area contributed by atoms with Gasteiger partial charge in [0.25, 0.3) is 5.91 Å². The summed E-state index contributed by atoms with van der Waals surface area (Å²) in [6, 6.07) is 0. The van der Waals surface area contributed by atoms with E-state index in [0.29, 0.717) is 17.9 Å². The summed E-state index contributed by atoms with van der Waals surface area (Å²) in [4.78, 5) is 12.1. The Bertz CT molecular complexity index is 439. The molecule has 0 atom stereocenters. The summed E-state index contributed by atoms with van der Waals surface area (Å²) in [5.41, 5.74) is 0.737. The minimum atomic E-state index is -0.268. The average Bonchev–Trinajstić information content (AvgIpc) is 2.84. The number of carbonyl (C=O) groups is 1. The maximum Gasteiger partial charge on any atom is 0.273 e. The standard InChI is InChI=1S/C14H25N3O3/c1-5-14(6-2,16-7-3)9-15-13(19)12-10(4)11(8-18)20-17-12/h16,18H,5-9H2,1-4H3,(H,15,19). The van der Waals surface area contributed by atoms with Crippen molar-refractivity contribution in [2.75, 3.05) is 13.1 Å². The highest BCUT2D eigenvalue weighted by Crippen LogP contribution is 2.15. The lowest BCUT2D eigenvalue weighted by Gasteiger charge is -2.32. The number of hydrogen-bond acceptors (Lipinski definition) is 5. The van der Waals surface area contributed by atoms with Gasteiger partial charge in [0.2, 0.25) is 0 Å². The molecule has 0 aliphatic rings. The van der Waals surface area contributed by atoms with Crippen LogP contribution < -0.4 is 10.6 Å². The number of likely N-dealkylation sites (N-methyl/N-ethyl adjacent to an activating group) is 1. The normalized spacial score (nSPS) is 11.7. The summed E-state index contributed by atoms with van der Waals surface area (Å²) in [5, 5.41) is 19.1. The SMILES string of the molecule is CCNC(CC)(CC)CNC(=O)c1noc(CO)c1C. The van der Waals surface area contributed by atoms with Gasteiger partial charge in [-0.25, -0.2) is 0 Å². The molecular weight excluding hydrogens is 258 g/mol. The van der Waals surface area contributed by atoms with Crippen LogP contribution in [0.3, 0.4) is 0 Å². The second-order valence-electron chi connectivity index (χ2n) is 4.94. The average molecular weight is 283 g/mol. The van der Waals surface area contributed by atoms with Crippen LogP contribution in [0.4, 0.5) is 0 Å². The molecule has 0 unspecified atom stereocenters. The highest BCUT2D eigenvalue weighted by molar-refractivity contribution is 5.93. The van der Waals surface area contributed by atoms with E-state index in [1.54, 1.807) is 6.92 Å². The highest BCUT2D eigenvalue weighted by atomic mass is 16.5. The molecule has 0 bridgehead atoms. The van der Waals surface area contributed by atoms with Gasteiger partial charge in [-0.2, -0.15) is 0 Å². The third-order valence-electron chi connectivity index (χ3n) is 3.87. The highest BCUT2D eigenvalue weighted by Gasteiger charge is 2.26. The Labute approximate surface area is 119 Å². The molecule has 0 radical (unpaired) electrons. The van der Waals surface area contributed by atoms with Crippen LogP contribution in [-0.2, 0) is 6.61 Å². The van der Waals surface area contributed by atoms with Crippen LogP contribution in [0.25, 0.3) is 0 Å². The van der Waals surface area contributed by atoms with Crippen molar-refractivity contribution in [2.45, 2.75) is 52.7 Å². The van der Waals surface area contributed by atoms with Gasteiger partial charge in [-0.3, -0.25) is 4.79 Å². The smallest absolute Gasteiger partial charge is 0.273 e. The zero-order valence-corrected chi connectivity index (χ0v) is 12.7. The predicted octanol–water partition coefficient (Wildman–Crippen LogP) is 1.37. The summed E-state index contributed by atoms with van der Waals surface area (Å²) in [6.07, 6.45) is 1.86.